The molecule has 0 radical (unpaired) electrons. The highest BCUT2D eigenvalue weighted by Crippen LogP contribution is 2.36. The quantitative estimate of drug-likeness (QED) is 0.145. The molecule has 2 aromatic carbocycles. The van der Waals surface area contributed by atoms with E-state index in [0.717, 1.165) is 32.1 Å². The number of hydrogen-bond donors (Lipinski definition) is 1. The fourth-order valence-electron chi connectivity index (χ4n) is 4.50. The number of imide groups is 2. The average molecular weight is 619 g/mol. The van der Waals surface area contributed by atoms with Crippen LogP contribution in [0.2, 0.25) is 0 Å². The number of benzene rings is 2. The molecular weight excluding hydrogens is 593 g/mol. The van der Waals surface area contributed by atoms with Crippen molar-refractivity contribution >= 4 is 52.2 Å². The zero-order valence-corrected chi connectivity index (χ0v) is 22.4. The molecule has 1 N–H and O–H groups in total. The lowest BCUT2D eigenvalue weighted by Gasteiger charge is -2.35. The summed E-state index contributed by atoms with van der Waals surface area (Å²) >= 11 is 2.07. The first-order valence-electron chi connectivity index (χ1n) is 12.0. The molecule has 1 aliphatic carbocycles. The van der Waals surface area contributed by atoms with E-state index in [1.165, 1.54) is 23.1 Å². The number of barbiturate groups is 1. The topological polar surface area (TPSA) is 128 Å². The zero-order valence-electron chi connectivity index (χ0n) is 20.2. The first-order chi connectivity index (χ1) is 17.8. The summed E-state index contributed by atoms with van der Waals surface area (Å²) in [7, 11) is 0. The van der Waals surface area contributed by atoms with Gasteiger partial charge < -0.3 is 9.47 Å². The highest BCUT2D eigenvalue weighted by Gasteiger charge is 2.40. The lowest BCUT2D eigenvalue weighted by molar-refractivity contribution is -0.384. The molecule has 11 heteroatoms. The van der Waals surface area contributed by atoms with Crippen molar-refractivity contribution in [3.63, 3.8) is 0 Å². The van der Waals surface area contributed by atoms with Gasteiger partial charge in [0.25, 0.3) is 17.5 Å². The van der Waals surface area contributed by atoms with E-state index >= 15 is 0 Å². The molecule has 0 bridgehead atoms. The number of rotatable bonds is 8. The number of carbonyl (C=O) groups is 3. The van der Waals surface area contributed by atoms with Crippen LogP contribution in [0.25, 0.3) is 6.08 Å². The Morgan fingerprint density at radius 1 is 1.14 bits per heavy atom. The monoisotopic (exact) mass is 619 g/mol. The largest absolute Gasteiger partial charge is 0.490 e. The molecule has 37 heavy (non-hydrogen) atoms. The molecule has 0 aromatic heterocycles. The van der Waals surface area contributed by atoms with Crippen molar-refractivity contribution in [3.05, 3.63) is 66.8 Å². The molecule has 0 atom stereocenters. The number of hydrogen-bond acceptors (Lipinski definition) is 7. The Morgan fingerprint density at radius 2 is 1.89 bits per heavy atom. The van der Waals surface area contributed by atoms with Crippen LogP contribution in [-0.2, 0) is 16.2 Å². The van der Waals surface area contributed by atoms with Gasteiger partial charge in [0.05, 0.1) is 15.1 Å². The second-order valence-corrected chi connectivity index (χ2v) is 9.93. The van der Waals surface area contributed by atoms with Gasteiger partial charge in [-0.25, -0.2) is 4.79 Å². The molecule has 1 saturated heterocycles. The maximum Gasteiger partial charge on any atom is 0.331 e. The maximum absolute atomic E-state index is 13.2. The van der Waals surface area contributed by atoms with Crippen LogP contribution in [0.1, 0.15) is 50.2 Å². The Hall–Kier alpha value is -3.48. The summed E-state index contributed by atoms with van der Waals surface area (Å²) in [5.74, 6) is -0.495. The molecule has 194 valence electrons. The smallest absolute Gasteiger partial charge is 0.331 e. The third-order valence-corrected chi connectivity index (χ3v) is 7.02. The standard InChI is InChI=1S/C26H26IN3O7/c1-2-36-22-14-17(13-21(27)23(22)37-15-16-7-6-10-19(11-16)30(34)35)12-20-24(31)28-26(33)29(25(20)32)18-8-4-3-5-9-18/h6-7,10-14,18H,2-5,8-9,15H2,1H3,(H,28,31,33). The first-order valence-corrected chi connectivity index (χ1v) is 13.1. The minimum atomic E-state index is -0.735. The lowest BCUT2D eigenvalue weighted by Crippen LogP contribution is -2.58. The normalized spacial score (nSPS) is 17.6. The number of nitrogens with one attached hydrogen (secondary N) is 1. The van der Waals surface area contributed by atoms with Crippen LogP contribution in [0.15, 0.2) is 42.0 Å². The van der Waals surface area contributed by atoms with E-state index in [-0.39, 0.29) is 23.9 Å². The summed E-state index contributed by atoms with van der Waals surface area (Å²) in [6.07, 6.45) is 5.84. The van der Waals surface area contributed by atoms with Gasteiger partial charge >= 0.3 is 6.03 Å². The van der Waals surface area contributed by atoms with Crippen LogP contribution in [-0.4, -0.2) is 40.3 Å². The van der Waals surface area contributed by atoms with Crippen molar-refractivity contribution in [2.24, 2.45) is 0 Å². The summed E-state index contributed by atoms with van der Waals surface area (Å²) < 4.78 is 12.4. The fraction of sp³-hybridized carbons (Fsp3) is 0.346. The number of halogens is 1. The second kappa shape index (κ2) is 11.7. The Labute approximate surface area is 227 Å². The number of carbonyl (C=O) groups excluding carboxylic acids is 3. The SMILES string of the molecule is CCOc1cc(C=C2C(=O)NC(=O)N(C3CCCCC3)C2=O)cc(I)c1OCc1cccc([N+](=O)[O-])c1. The molecule has 1 aliphatic heterocycles. The van der Waals surface area contributed by atoms with E-state index in [1.54, 1.807) is 24.3 Å². The molecule has 10 nitrogen and oxygen atoms in total. The third-order valence-electron chi connectivity index (χ3n) is 6.22. The van der Waals surface area contributed by atoms with E-state index in [1.807, 2.05) is 6.92 Å². The average Bonchev–Trinajstić information content (AvgIpc) is 2.87. The van der Waals surface area contributed by atoms with E-state index in [4.69, 9.17) is 9.47 Å². The minimum Gasteiger partial charge on any atom is -0.490 e. The van der Waals surface area contributed by atoms with Gasteiger partial charge in [-0.15, -0.1) is 0 Å². The zero-order chi connectivity index (χ0) is 26.5. The predicted octanol–water partition coefficient (Wildman–Crippen LogP) is 4.97. The second-order valence-electron chi connectivity index (χ2n) is 8.76. The van der Waals surface area contributed by atoms with E-state index in [0.29, 0.717) is 32.8 Å². The number of ether oxygens (including phenoxy) is 2. The maximum atomic E-state index is 13.2. The Bertz CT molecular complexity index is 1270. The Balaban J connectivity index is 1.61. The van der Waals surface area contributed by atoms with Crippen molar-refractivity contribution in [1.82, 2.24) is 10.2 Å². The van der Waals surface area contributed by atoms with Gasteiger partial charge in [0.2, 0.25) is 0 Å². The molecule has 4 rings (SSSR count). The molecule has 2 aromatic rings. The molecule has 2 aliphatic rings. The van der Waals surface area contributed by atoms with Gasteiger partial charge in [0.15, 0.2) is 11.5 Å². The molecule has 1 saturated carbocycles. The van der Waals surface area contributed by atoms with Crippen LogP contribution in [0.4, 0.5) is 10.5 Å². The van der Waals surface area contributed by atoms with Gasteiger partial charge in [-0.1, -0.05) is 31.4 Å². The van der Waals surface area contributed by atoms with Gasteiger partial charge in [-0.3, -0.25) is 29.9 Å². The summed E-state index contributed by atoms with van der Waals surface area (Å²) in [5.41, 5.74) is 1.01. The van der Waals surface area contributed by atoms with Crippen molar-refractivity contribution in [2.45, 2.75) is 51.7 Å². The highest BCUT2D eigenvalue weighted by molar-refractivity contribution is 14.1. The summed E-state index contributed by atoms with van der Waals surface area (Å²) in [6, 6.07) is 8.67. The van der Waals surface area contributed by atoms with Gasteiger partial charge in [-0.05, 0) is 71.7 Å². The number of urea groups is 1. The number of nitrogens with zero attached hydrogens (tertiary/aromatic N) is 2. The van der Waals surface area contributed by atoms with Crippen LogP contribution < -0.4 is 14.8 Å². The van der Waals surface area contributed by atoms with Gasteiger partial charge in [0.1, 0.15) is 12.2 Å². The van der Waals surface area contributed by atoms with Gasteiger partial charge in [-0.2, -0.15) is 0 Å². The summed E-state index contributed by atoms with van der Waals surface area (Å²) in [5, 5.41) is 13.4. The van der Waals surface area contributed by atoms with Crippen molar-refractivity contribution in [1.29, 1.82) is 0 Å². The first kappa shape index (κ1) is 26.6. The van der Waals surface area contributed by atoms with E-state index in [2.05, 4.69) is 27.9 Å². The fourth-order valence-corrected chi connectivity index (χ4v) is 5.28. The summed E-state index contributed by atoms with van der Waals surface area (Å²) in [6.45, 7) is 2.23. The molecule has 2 fully saturated rings. The Morgan fingerprint density at radius 3 is 2.59 bits per heavy atom. The molecule has 1 heterocycles. The lowest BCUT2D eigenvalue weighted by atomic mass is 9.93. The van der Waals surface area contributed by atoms with E-state index < -0.39 is 22.8 Å². The van der Waals surface area contributed by atoms with Crippen LogP contribution in [0, 0.1) is 13.7 Å². The van der Waals surface area contributed by atoms with Crippen molar-refractivity contribution < 1.29 is 28.8 Å². The number of amides is 4. The molecule has 0 spiro atoms. The molecule has 0 unspecified atom stereocenters. The van der Waals surface area contributed by atoms with Gasteiger partial charge in [0, 0.05) is 18.2 Å². The number of nitro benzene ring substituents is 1. The van der Waals surface area contributed by atoms with Crippen LogP contribution in [0.5, 0.6) is 11.5 Å². The van der Waals surface area contributed by atoms with Crippen molar-refractivity contribution in [2.75, 3.05) is 6.61 Å². The van der Waals surface area contributed by atoms with Crippen molar-refractivity contribution in [3.8, 4) is 11.5 Å². The van der Waals surface area contributed by atoms with E-state index in [9.17, 15) is 24.5 Å². The molecule has 4 amide bonds. The minimum absolute atomic E-state index is 0.0287. The third kappa shape index (κ3) is 6.09. The summed E-state index contributed by atoms with van der Waals surface area (Å²) in [4.78, 5) is 50.1. The number of nitro groups is 1. The number of non-ortho nitro benzene ring substituents is 1. The molecular formula is C26H26IN3O7. The Kier molecular flexibility index (Phi) is 8.41. The van der Waals surface area contributed by atoms with Crippen LogP contribution in [0.3, 0.4) is 0 Å². The highest BCUT2D eigenvalue weighted by atomic mass is 127. The predicted molar refractivity (Wildman–Crippen MR) is 143 cm³/mol. The van der Waals surface area contributed by atoms with Crippen LogP contribution >= 0.6 is 22.6 Å².